The quantitative estimate of drug-likeness (QED) is 0.286. The number of carbonyl (C=O) groups is 4. The Morgan fingerprint density at radius 2 is 1.91 bits per heavy atom. The molecule has 2 unspecified atom stereocenters. The summed E-state index contributed by atoms with van der Waals surface area (Å²) in [6.45, 7) is 7.20. The molecule has 5 atom stereocenters. The van der Waals surface area contributed by atoms with Crippen molar-refractivity contribution in [2.45, 2.75) is 87.7 Å². The van der Waals surface area contributed by atoms with Crippen molar-refractivity contribution in [3.63, 3.8) is 0 Å². The smallest absolute Gasteiger partial charge is 0.407 e. The first kappa shape index (κ1) is 37.9. The van der Waals surface area contributed by atoms with Gasteiger partial charge in [0.2, 0.25) is 21.8 Å². The molecule has 3 fully saturated rings. The van der Waals surface area contributed by atoms with Crippen LogP contribution in [0, 0.1) is 11.8 Å². The summed E-state index contributed by atoms with van der Waals surface area (Å²) < 4.78 is 34.3. The van der Waals surface area contributed by atoms with E-state index >= 15 is 0 Å². The molecule has 15 nitrogen and oxygen atoms in total. The number of cyclic esters (lactones) is 1. The largest absolute Gasteiger partial charge is 0.449 e. The Hall–Kier alpha value is -5.38. The van der Waals surface area contributed by atoms with E-state index in [2.05, 4.69) is 32.0 Å². The summed E-state index contributed by atoms with van der Waals surface area (Å²) in [7, 11) is -3.92. The molecule has 290 valence electrons. The molecular formula is C39H45N7O8S. The molecular weight excluding hydrogens is 727 g/mol. The third-order valence-corrected chi connectivity index (χ3v) is 12.7. The van der Waals surface area contributed by atoms with Crippen LogP contribution in [0.1, 0.15) is 64.0 Å². The first-order valence-electron chi connectivity index (χ1n) is 18.7. The second-order valence-electron chi connectivity index (χ2n) is 15.1. The second-order valence-corrected chi connectivity index (χ2v) is 17.0. The molecule has 1 saturated heterocycles. The summed E-state index contributed by atoms with van der Waals surface area (Å²) in [6, 6.07) is 6.49. The van der Waals surface area contributed by atoms with Crippen LogP contribution in [0.4, 0.5) is 4.79 Å². The van der Waals surface area contributed by atoms with E-state index in [4.69, 9.17) is 4.74 Å². The minimum atomic E-state index is -3.92. The van der Waals surface area contributed by atoms with E-state index in [0.717, 1.165) is 16.5 Å². The number of benzene rings is 1. The van der Waals surface area contributed by atoms with E-state index in [1.807, 2.05) is 42.5 Å². The molecule has 7 rings (SSSR count). The summed E-state index contributed by atoms with van der Waals surface area (Å²) in [5, 5.41) is 10.3. The van der Waals surface area contributed by atoms with Crippen LogP contribution in [-0.2, 0) is 35.6 Å². The van der Waals surface area contributed by atoms with Crippen LogP contribution < -0.4 is 20.9 Å². The van der Waals surface area contributed by atoms with E-state index in [1.54, 1.807) is 26.2 Å². The number of pyridine rings is 1. The van der Waals surface area contributed by atoms with Gasteiger partial charge in [-0.15, -0.1) is 6.58 Å². The van der Waals surface area contributed by atoms with Gasteiger partial charge in [-0.25, -0.2) is 17.9 Å². The predicted molar refractivity (Wildman–Crippen MR) is 203 cm³/mol. The number of nitrogens with one attached hydrogen (secondary N) is 3. The average molecular weight is 772 g/mol. The van der Waals surface area contributed by atoms with Crippen LogP contribution in [0.25, 0.3) is 22.0 Å². The molecule has 0 radical (unpaired) electrons. The molecule has 2 aliphatic heterocycles. The SMILES string of the molecule is C=C[C@@H]1CC1(NC(=O)[C@@H]1CC2CN1C(=O)[C@H](C(C)C)NC(=O)OCC/C=C/CCc1c(-c3ccc4cccnc4c3)cnn2c1=O)C(=O)NS(=O)(=O)C1CC1. The molecule has 4 aliphatic rings. The highest BCUT2D eigenvalue weighted by Crippen LogP contribution is 2.45. The maximum Gasteiger partial charge on any atom is 0.407 e. The monoisotopic (exact) mass is 771 g/mol. The van der Waals surface area contributed by atoms with Crippen LogP contribution in [0.3, 0.4) is 0 Å². The Labute approximate surface area is 318 Å². The number of alkyl carbamates (subject to hydrolysis) is 1. The van der Waals surface area contributed by atoms with Gasteiger partial charge in [-0.1, -0.05) is 50.3 Å². The van der Waals surface area contributed by atoms with Crippen LogP contribution in [-0.4, -0.2) is 87.9 Å². The summed E-state index contributed by atoms with van der Waals surface area (Å²) in [4.78, 5) is 75.4. The molecule has 0 spiro atoms. The number of sulfonamides is 1. The fourth-order valence-corrected chi connectivity index (χ4v) is 8.90. The lowest BCUT2D eigenvalue weighted by atomic mass is 9.98. The van der Waals surface area contributed by atoms with Gasteiger partial charge in [0.15, 0.2) is 0 Å². The van der Waals surface area contributed by atoms with Crippen LogP contribution >= 0.6 is 0 Å². The third-order valence-electron chi connectivity index (χ3n) is 10.9. The zero-order chi connectivity index (χ0) is 39.1. The van der Waals surface area contributed by atoms with Crippen molar-refractivity contribution in [1.29, 1.82) is 0 Å². The summed E-state index contributed by atoms with van der Waals surface area (Å²) in [5.41, 5.74) is 0.691. The molecule has 16 heteroatoms. The molecule has 1 aromatic carbocycles. The molecule has 3 aromatic rings. The highest BCUT2D eigenvalue weighted by Gasteiger charge is 2.62. The number of carbonyl (C=O) groups excluding carboxylic acids is 4. The fraction of sp³-hybridized carbons (Fsp3) is 0.462. The summed E-state index contributed by atoms with van der Waals surface area (Å²) in [6.07, 6.45) is 10.0. The van der Waals surface area contributed by atoms with Crippen molar-refractivity contribution in [2.75, 3.05) is 13.2 Å². The Morgan fingerprint density at radius 3 is 2.64 bits per heavy atom. The Balaban J connectivity index is 1.26. The zero-order valence-electron chi connectivity index (χ0n) is 30.8. The lowest BCUT2D eigenvalue weighted by molar-refractivity contribution is -0.141. The minimum Gasteiger partial charge on any atom is -0.449 e. The Kier molecular flexibility index (Phi) is 10.4. The van der Waals surface area contributed by atoms with Gasteiger partial charge in [0.1, 0.15) is 17.6 Å². The zero-order valence-corrected chi connectivity index (χ0v) is 31.6. The van der Waals surface area contributed by atoms with Crippen molar-refractivity contribution >= 4 is 44.7 Å². The van der Waals surface area contributed by atoms with E-state index < -0.39 is 74.6 Å². The van der Waals surface area contributed by atoms with Crippen molar-refractivity contribution in [1.82, 2.24) is 35.0 Å². The number of fused-ring (bicyclic) bond motifs is 6. The number of hydrogen-bond acceptors (Lipinski definition) is 10. The highest BCUT2D eigenvalue weighted by molar-refractivity contribution is 7.91. The lowest BCUT2D eigenvalue weighted by Gasteiger charge is -2.31. The van der Waals surface area contributed by atoms with Gasteiger partial charge in [0.05, 0.1) is 29.6 Å². The van der Waals surface area contributed by atoms with Gasteiger partial charge in [-0.2, -0.15) is 5.10 Å². The van der Waals surface area contributed by atoms with Crippen molar-refractivity contribution in [3.05, 3.63) is 83.4 Å². The normalized spacial score (nSPS) is 26.4. The summed E-state index contributed by atoms with van der Waals surface area (Å²) >= 11 is 0. The van der Waals surface area contributed by atoms with E-state index in [0.29, 0.717) is 43.2 Å². The van der Waals surface area contributed by atoms with Gasteiger partial charge in [0, 0.05) is 41.6 Å². The van der Waals surface area contributed by atoms with Gasteiger partial charge < -0.3 is 20.3 Å². The number of allylic oxidation sites excluding steroid dienone is 1. The minimum absolute atomic E-state index is 0.0465. The first-order chi connectivity index (χ1) is 26.3. The van der Waals surface area contributed by atoms with E-state index in [1.165, 1.54) is 15.7 Å². The number of rotatable bonds is 8. The number of amides is 4. The number of hydrogen-bond donors (Lipinski definition) is 3. The number of nitrogens with zero attached hydrogens (tertiary/aromatic N) is 4. The Morgan fingerprint density at radius 1 is 1.13 bits per heavy atom. The summed E-state index contributed by atoms with van der Waals surface area (Å²) in [5.74, 6) is -3.14. The van der Waals surface area contributed by atoms with Gasteiger partial charge >= 0.3 is 6.09 Å². The van der Waals surface area contributed by atoms with Gasteiger partial charge in [-0.3, -0.25) is 28.9 Å². The van der Waals surface area contributed by atoms with Crippen LogP contribution in [0.15, 0.2) is 72.3 Å². The maximum absolute atomic E-state index is 14.5. The van der Waals surface area contributed by atoms with Gasteiger partial charge in [-0.05, 0) is 62.1 Å². The van der Waals surface area contributed by atoms with Crippen LogP contribution in [0.5, 0.6) is 0 Å². The Bertz CT molecular complexity index is 2250. The molecule has 2 aliphatic carbocycles. The van der Waals surface area contributed by atoms with Crippen molar-refractivity contribution < 1.29 is 32.3 Å². The third kappa shape index (κ3) is 7.64. The molecule has 2 saturated carbocycles. The molecule has 2 aromatic heterocycles. The predicted octanol–water partition coefficient (Wildman–Crippen LogP) is 2.91. The van der Waals surface area contributed by atoms with E-state index in [-0.39, 0.29) is 31.6 Å². The number of aromatic nitrogens is 3. The first-order valence-corrected chi connectivity index (χ1v) is 20.2. The lowest BCUT2D eigenvalue weighted by Crippen LogP contribution is -2.59. The van der Waals surface area contributed by atoms with Crippen molar-refractivity contribution in [2.24, 2.45) is 11.8 Å². The molecule has 55 heavy (non-hydrogen) atoms. The fourth-order valence-electron chi connectivity index (χ4n) is 7.53. The molecule has 4 heterocycles. The average Bonchev–Trinajstić information content (AvgIpc) is 4.09. The van der Waals surface area contributed by atoms with Crippen molar-refractivity contribution in [3.8, 4) is 11.1 Å². The van der Waals surface area contributed by atoms with Gasteiger partial charge in [0.25, 0.3) is 11.5 Å². The topological polar surface area (TPSA) is 199 Å². The highest BCUT2D eigenvalue weighted by atomic mass is 32.2. The standard InChI is InChI=1S/C39H45N7O8S/c1-4-26-20-39(26,37(50)44-55(52,53)28-14-15-28)43-34(47)32-19-27-22-45(32)36(49)33(23(2)3)42-38(51)54-17-8-6-5-7-11-29-30(21-41-46(27)35(29)48)25-13-12-24-10-9-16-40-31(24)18-25/h4-6,9-10,12-13,16,18,21,23,26-28,32-33H,1,7-8,11,14-15,17,19-20,22H2,2-3H3,(H,42,51)(H,43,47)(H,44,50)/b6-5+/t26-,27?,32+,33+,39?/m1/s1. The second kappa shape index (κ2) is 15.0. The van der Waals surface area contributed by atoms with Crippen LogP contribution in [0.2, 0.25) is 0 Å². The van der Waals surface area contributed by atoms with E-state index in [9.17, 15) is 32.4 Å². The molecule has 4 bridgehead atoms. The number of ether oxygens (including phenoxy) is 1. The maximum atomic E-state index is 14.5. The molecule has 4 amide bonds. The molecule has 3 N–H and O–H groups in total.